The number of hydrogen-bond acceptors (Lipinski definition) is 3. The lowest BCUT2D eigenvalue weighted by molar-refractivity contribution is 0.415. The lowest BCUT2D eigenvalue weighted by Crippen LogP contribution is -2.09. The third-order valence-corrected chi connectivity index (χ3v) is 3.46. The van der Waals surface area contributed by atoms with E-state index in [1.165, 1.54) is 0 Å². The number of anilines is 1. The van der Waals surface area contributed by atoms with Crippen LogP contribution < -0.4 is 10.1 Å². The smallest absolute Gasteiger partial charge is 0.143 e. The minimum absolute atomic E-state index is 0.458. The van der Waals surface area contributed by atoms with E-state index in [-0.39, 0.29) is 0 Å². The van der Waals surface area contributed by atoms with E-state index in [9.17, 15) is 5.26 Å². The van der Waals surface area contributed by atoms with Crippen LogP contribution in [0, 0.1) is 11.3 Å². The number of ether oxygens (including phenoxy) is 1. The molecule has 102 valence electrons. The van der Waals surface area contributed by atoms with Crippen molar-refractivity contribution in [3.63, 3.8) is 0 Å². The molecule has 0 aromatic heterocycles. The zero-order valence-corrected chi connectivity index (χ0v) is 12.2. The standard InChI is InChI=1S/C15H12Cl2N2O/c1-20-11-5-2-4-10(8-11)19-14(9-18)15-12(16)6-3-7-13(15)17/h2-8,14,19H,1H3. The maximum atomic E-state index is 9.36. The maximum Gasteiger partial charge on any atom is 0.143 e. The highest BCUT2D eigenvalue weighted by Crippen LogP contribution is 2.32. The highest BCUT2D eigenvalue weighted by Gasteiger charge is 2.17. The van der Waals surface area contributed by atoms with Gasteiger partial charge >= 0.3 is 0 Å². The third-order valence-electron chi connectivity index (χ3n) is 2.80. The average molecular weight is 307 g/mol. The number of nitrogens with one attached hydrogen (secondary N) is 1. The molecule has 0 aliphatic carbocycles. The normalized spacial score (nSPS) is 11.5. The molecule has 0 spiro atoms. The molecule has 20 heavy (non-hydrogen) atoms. The number of nitriles is 1. The number of nitrogens with zero attached hydrogens (tertiary/aromatic N) is 1. The van der Waals surface area contributed by atoms with E-state index in [1.807, 2.05) is 18.2 Å². The molecule has 0 aliphatic heterocycles. The van der Waals surface area contributed by atoms with Gasteiger partial charge in [-0.05, 0) is 24.3 Å². The number of rotatable bonds is 4. The first-order valence-corrected chi connectivity index (χ1v) is 6.65. The molecular formula is C15H12Cl2N2O. The molecular weight excluding hydrogens is 295 g/mol. The first-order valence-electron chi connectivity index (χ1n) is 5.90. The highest BCUT2D eigenvalue weighted by atomic mass is 35.5. The molecule has 0 heterocycles. The lowest BCUT2D eigenvalue weighted by Gasteiger charge is -2.16. The number of halogens is 2. The third kappa shape index (κ3) is 3.16. The molecule has 2 aromatic carbocycles. The van der Waals surface area contributed by atoms with E-state index in [2.05, 4.69) is 11.4 Å². The van der Waals surface area contributed by atoms with E-state index in [0.29, 0.717) is 21.4 Å². The van der Waals surface area contributed by atoms with Crippen LogP contribution in [0.5, 0.6) is 5.75 Å². The molecule has 2 aromatic rings. The largest absolute Gasteiger partial charge is 0.497 e. The van der Waals surface area contributed by atoms with Crippen LogP contribution in [0.3, 0.4) is 0 Å². The second-order valence-electron chi connectivity index (χ2n) is 4.07. The van der Waals surface area contributed by atoms with Crippen LogP contribution in [-0.4, -0.2) is 7.11 Å². The van der Waals surface area contributed by atoms with Crippen molar-refractivity contribution < 1.29 is 4.74 Å². The van der Waals surface area contributed by atoms with Gasteiger partial charge in [0.25, 0.3) is 0 Å². The summed E-state index contributed by atoms with van der Waals surface area (Å²) in [5.41, 5.74) is 1.33. The Morgan fingerprint density at radius 1 is 1.15 bits per heavy atom. The van der Waals surface area contributed by atoms with Gasteiger partial charge in [0.15, 0.2) is 0 Å². The lowest BCUT2D eigenvalue weighted by atomic mass is 10.1. The van der Waals surface area contributed by atoms with Gasteiger partial charge in [-0.3, -0.25) is 0 Å². The molecule has 0 bridgehead atoms. The van der Waals surface area contributed by atoms with E-state index in [0.717, 1.165) is 5.69 Å². The van der Waals surface area contributed by atoms with Crippen LogP contribution in [0.25, 0.3) is 0 Å². The van der Waals surface area contributed by atoms with Crippen molar-refractivity contribution in [3.05, 3.63) is 58.1 Å². The Balaban J connectivity index is 2.32. The maximum absolute atomic E-state index is 9.36. The molecule has 5 heteroatoms. The van der Waals surface area contributed by atoms with Crippen LogP contribution in [0.2, 0.25) is 10.0 Å². The molecule has 1 N–H and O–H groups in total. The average Bonchev–Trinajstić information content (AvgIpc) is 2.46. The van der Waals surface area contributed by atoms with E-state index in [4.69, 9.17) is 27.9 Å². The van der Waals surface area contributed by atoms with Gasteiger partial charge in [0.05, 0.1) is 13.2 Å². The minimum Gasteiger partial charge on any atom is -0.497 e. The predicted molar refractivity (Wildman–Crippen MR) is 81.4 cm³/mol. The van der Waals surface area contributed by atoms with Gasteiger partial charge in [-0.1, -0.05) is 35.3 Å². The molecule has 0 saturated heterocycles. The number of methoxy groups -OCH3 is 1. The van der Waals surface area contributed by atoms with Crippen molar-refractivity contribution in [2.24, 2.45) is 0 Å². The predicted octanol–water partition coefficient (Wildman–Crippen LogP) is 4.68. The Labute approximate surface area is 127 Å². The Morgan fingerprint density at radius 2 is 1.80 bits per heavy atom. The summed E-state index contributed by atoms with van der Waals surface area (Å²) in [5, 5.41) is 13.4. The van der Waals surface area contributed by atoms with Crippen molar-refractivity contribution in [3.8, 4) is 11.8 Å². The summed E-state index contributed by atoms with van der Waals surface area (Å²) in [7, 11) is 1.59. The van der Waals surface area contributed by atoms with Gasteiger partial charge < -0.3 is 10.1 Å². The highest BCUT2D eigenvalue weighted by molar-refractivity contribution is 6.36. The van der Waals surface area contributed by atoms with E-state index >= 15 is 0 Å². The zero-order chi connectivity index (χ0) is 14.5. The van der Waals surface area contributed by atoms with Crippen molar-refractivity contribution in [2.45, 2.75) is 6.04 Å². The summed E-state index contributed by atoms with van der Waals surface area (Å²) in [6.45, 7) is 0. The summed E-state index contributed by atoms with van der Waals surface area (Å²) in [4.78, 5) is 0. The monoisotopic (exact) mass is 306 g/mol. The van der Waals surface area contributed by atoms with Gasteiger partial charge in [-0.25, -0.2) is 0 Å². The molecule has 2 rings (SSSR count). The molecule has 3 nitrogen and oxygen atoms in total. The molecule has 0 amide bonds. The Kier molecular flexibility index (Phi) is 4.73. The van der Waals surface area contributed by atoms with Crippen LogP contribution in [0.1, 0.15) is 11.6 Å². The Morgan fingerprint density at radius 3 is 2.40 bits per heavy atom. The molecule has 1 atom stereocenters. The van der Waals surface area contributed by atoms with Gasteiger partial charge in [-0.15, -0.1) is 0 Å². The number of benzene rings is 2. The van der Waals surface area contributed by atoms with Crippen molar-refractivity contribution >= 4 is 28.9 Å². The fraction of sp³-hybridized carbons (Fsp3) is 0.133. The van der Waals surface area contributed by atoms with Crippen LogP contribution in [0.15, 0.2) is 42.5 Å². The van der Waals surface area contributed by atoms with Crippen LogP contribution in [0.4, 0.5) is 5.69 Å². The summed E-state index contributed by atoms with van der Waals surface area (Å²) >= 11 is 12.3. The summed E-state index contributed by atoms with van der Waals surface area (Å²) in [6.07, 6.45) is 0. The quantitative estimate of drug-likeness (QED) is 0.892. The van der Waals surface area contributed by atoms with Crippen molar-refractivity contribution in [1.29, 1.82) is 5.26 Å². The first-order chi connectivity index (χ1) is 9.65. The summed E-state index contributed by atoms with van der Waals surface area (Å²) in [6, 6.07) is 14.0. The van der Waals surface area contributed by atoms with Crippen LogP contribution >= 0.6 is 23.2 Å². The van der Waals surface area contributed by atoms with Gasteiger partial charge in [0.2, 0.25) is 0 Å². The molecule has 1 unspecified atom stereocenters. The molecule has 0 saturated carbocycles. The Hall–Kier alpha value is -1.89. The second kappa shape index (κ2) is 6.51. The van der Waals surface area contributed by atoms with E-state index in [1.54, 1.807) is 31.4 Å². The topological polar surface area (TPSA) is 45.0 Å². The zero-order valence-electron chi connectivity index (χ0n) is 10.7. The Bertz CT molecular complexity index is 632. The minimum atomic E-state index is -0.636. The molecule has 0 aliphatic rings. The van der Waals surface area contributed by atoms with Gasteiger partial charge in [0, 0.05) is 27.4 Å². The molecule has 0 radical (unpaired) electrons. The first kappa shape index (κ1) is 14.5. The summed E-state index contributed by atoms with van der Waals surface area (Å²) < 4.78 is 5.15. The fourth-order valence-electron chi connectivity index (χ4n) is 1.84. The SMILES string of the molecule is COc1cccc(NC(C#N)c2c(Cl)cccc2Cl)c1. The second-order valence-corrected chi connectivity index (χ2v) is 4.89. The molecule has 0 fully saturated rings. The van der Waals surface area contributed by atoms with Gasteiger partial charge in [-0.2, -0.15) is 5.26 Å². The van der Waals surface area contributed by atoms with Gasteiger partial charge in [0.1, 0.15) is 11.8 Å². The van der Waals surface area contributed by atoms with Crippen molar-refractivity contribution in [1.82, 2.24) is 0 Å². The fourth-order valence-corrected chi connectivity index (χ4v) is 2.45. The van der Waals surface area contributed by atoms with Crippen molar-refractivity contribution in [2.75, 3.05) is 12.4 Å². The summed E-state index contributed by atoms with van der Waals surface area (Å²) in [5.74, 6) is 0.706. The number of hydrogen-bond donors (Lipinski definition) is 1. The van der Waals surface area contributed by atoms with Crippen LogP contribution in [-0.2, 0) is 0 Å². The van der Waals surface area contributed by atoms with E-state index < -0.39 is 6.04 Å².